The molecule has 0 unspecified atom stereocenters. The van der Waals surface area contributed by atoms with Gasteiger partial charge in [0.15, 0.2) is 0 Å². The van der Waals surface area contributed by atoms with Gasteiger partial charge in [-0.2, -0.15) is 5.26 Å². The van der Waals surface area contributed by atoms with Crippen molar-refractivity contribution in [3.8, 4) is 22.9 Å². The molecule has 172 valence electrons. The molecule has 5 heteroatoms. The van der Waals surface area contributed by atoms with Crippen LogP contribution in [0.5, 0.6) is 5.75 Å². The van der Waals surface area contributed by atoms with Crippen LogP contribution < -0.4 is 15.0 Å². The zero-order chi connectivity index (χ0) is 23.3. The number of carbonyl (C=O) groups excluding carboxylic acids is 1. The molecule has 1 N–H and O–H groups in total. The lowest BCUT2D eigenvalue weighted by molar-refractivity contribution is 0.250. The molecule has 1 saturated carbocycles. The van der Waals surface area contributed by atoms with Crippen LogP contribution in [0.3, 0.4) is 0 Å². The van der Waals surface area contributed by atoms with Gasteiger partial charge in [0.25, 0.3) is 0 Å². The minimum atomic E-state index is -0.155. The van der Waals surface area contributed by atoms with E-state index in [4.69, 9.17) is 10.00 Å². The van der Waals surface area contributed by atoms with E-state index in [2.05, 4.69) is 41.7 Å². The largest absolute Gasteiger partial charge is 0.490 e. The second kappa shape index (κ2) is 10.0. The number of amides is 2. The van der Waals surface area contributed by atoms with Gasteiger partial charge in [0.05, 0.1) is 18.3 Å². The Morgan fingerprint density at radius 2 is 1.71 bits per heavy atom. The first-order valence-electron chi connectivity index (χ1n) is 12.1. The maximum Gasteiger partial charge on any atom is 0.326 e. The first-order valence-corrected chi connectivity index (χ1v) is 12.1. The van der Waals surface area contributed by atoms with Crippen molar-refractivity contribution >= 4 is 17.4 Å². The number of fused-ring (bicyclic) bond motifs is 1. The molecule has 0 atom stereocenters. The SMILES string of the molecule is N#CCC1CCC(c2ccc(-c3ccc4c(c3)OCCN4C(=O)Nc3ccccc3)cc2)CC1. The summed E-state index contributed by atoms with van der Waals surface area (Å²) >= 11 is 0. The van der Waals surface area contributed by atoms with Crippen molar-refractivity contribution in [2.75, 3.05) is 23.4 Å². The van der Waals surface area contributed by atoms with Crippen molar-refractivity contribution in [2.45, 2.75) is 38.0 Å². The molecule has 2 amide bonds. The van der Waals surface area contributed by atoms with E-state index in [1.165, 1.54) is 18.4 Å². The summed E-state index contributed by atoms with van der Waals surface area (Å²) < 4.78 is 5.92. The number of hydrogen-bond donors (Lipinski definition) is 1. The average molecular weight is 452 g/mol. The van der Waals surface area contributed by atoms with E-state index in [0.29, 0.717) is 31.4 Å². The van der Waals surface area contributed by atoms with Crippen LogP contribution in [-0.4, -0.2) is 19.2 Å². The Balaban J connectivity index is 1.29. The minimum absolute atomic E-state index is 0.155. The minimum Gasteiger partial charge on any atom is -0.490 e. The predicted molar refractivity (Wildman–Crippen MR) is 135 cm³/mol. The molecule has 5 rings (SSSR count). The van der Waals surface area contributed by atoms with Crippen LogP contribution in [0, 0.1) is 17.2 Å². The van der Waals surface area contributed by atoms with Crippen molar-refractivity contribution in [2.24, 2.45) is 5.92 Å². The number of nitriles is 1. The summed E-state index contributed by atoms with van der Waals surface area (Å²) in [5, 5.41) is 11.9. The van der Waals surface area contributed by atoms with E-state index in [9.17, 15) is 4.79 Å². The number of ether oxygens (including phenoxy) is 1. The number of nitrogens with zero attached hydrogens (tertiary/aromatic N) is 2. The van der Waals surface area contributed by atoms with Crippen molar-refractivity contribution in [3.05, 3.63) is 78.4 Å². The fourth-order valence-electron chi connectivity index (χ4n) is 5.10. The number of benzene rings is 3. The van der Waals surface area contributed by atoms with E-state index in [1.54, 1.807) is 4.90 Å². The topological polar surface area (TPSA) is 65.4 Å². The fourth-order valence-corrected chi connectivity index (χ4v) is 5.10. The van der Waals surface area contributed by atoms with E-state index >= 15 is 0 Å². The third-order valence-electron chi connectivity index (χ3n) is 7.04. The molecule has 3 aromatic carbocycles. The fraction of sp³-hybridized carbons (Fsp3) is 0.310. The summed E-state index contributed by atoms with van der Waals surface area (Å²) in [6.45, 7) is 0.975. The molecule has 3 aromatic rings. The van der Waals surface area contributed by atoms with Crippen molar-refractivity contribution in [3.63, 3.8) is 0 Å². The van der Waals surface area contributed by atoms with Gasteiger partial charge < -0.3 is 10.1 Å². The van der Waals surface area contributed by atoms with Gasteiger partial charge in [0, 0.05) is 12.1 Å². The Kier molecular flexibility index (Phi) is 6.49. The van der Waals surface area contributed by atoms with Crippen molar-refractivity contribution in [1.29, 1.82) is 5.26 Å². The monoisotopic (exact) mass is 451 g/mol. The molecule has 1 fully saturated rings. The second-order valence-corrected chi connectivity index (χ2v) is 9.18. The molecule has 0 aromatic heterocycles. The number of anilines is 2. The summed E-state index contributed by atoms with van der Waals surface area (Å²) in [5.74, 6) is 1.89. The quantitative estimate of drug-likeness (QED) is 0.466. The van der Waals surface area contributed by atoms with Crippen LogP contribution in [0.2, 0.25) is 0 Å². The standard InChI is InChI=1S/C29H29N3O2/c30-17-16-21-6-8-22(9-7-21)23-10-12-24(13-11-23)25-14-15-27-28(20-25)34-19-18-32(27)29(33)31-26-4-2-1-3-5-26/h1-5,10-15,20-22H,6-9,16,18-19H2,(H,31,33). The molecule has 0 radical (unpaired) electrons. The number of nitrogens with one attached hydrogen (secondary N) is 1. The summed E-state index contributed by atoms with van der Waals surface area (Å²) in [6, 6.07) is 26.6. The molecular formula is C29H29N3O2. The smallest absolute Gasteiger partial charge is 0.326 e. The van der Waals surface area contributed by atoms with E-state index < -0.39 is 0 Å². The molecule has 0 spiro atoms. The van der Waals surface area contributed by atoms with Gasteiger partial charge in [0.2, 0.25) is 0 Å². The maximum absolute atomic E-state index is 12.9. The first kappa shape index (κ1) is 22.0. The molecule has 34 heavy (non-hydrogen) atoms. The molecule has 2 aliphatic rings. The highest BCUT2D eigenvalue weighted by Crippen LogP contribution is 2.39. The van der Waals surface area contributed by atoms with E-state index in [0.717, 1.165) is 41.1 Å². The normalized spacial score (nSPS) is 19.4. The van der Waals surface area contributed by atoms with E-state index in [-0.39, 0.29) is 6.03 Å². The molecule has 0 bridgehead atoms. The first-order chi connectivity index (χ1) is 16.7. The highest BCUT2D eigenvalue weighted by Gasteiger charge is 2.25. The highest BCUT2D eigenvalue weighted by atomic mass is 16.5. The lowest BCUT2D eigenvalue weighted by Crippen LogP contribution is -2.40. The van der Waals surface area contributed by atoms with Crippen LogP contribution in [0.4, 0.5) is 16.2 Å². The van der Waals surface area contributed by atoms with Crippen molar-refractivity contribution < 1.29 is 9.53 Å². The van der Waals surface area contributed by atoms with Gasteiger partial charge in [0.1, 0.15) is 12.4 Å². The molecule has 0 saturated heterocycles. The van der Waals surface area contributed by atoms with Gasteiger partial charge in [-0.1, -0.05) is 48.5 Å². The van der Waals surface area contributed by atoms with E-state index in [1.807, 2.05) is 42.5 Å². The highest BCUT2D eigenvalue weighted by molar-refractivity contribution is 6.03. The molecule has 1 heterocycles. The van der Waals surface area contributed by atoms with Crippen LogP contribution in [0.1, 0.15) is 43.6 Å². The van der Waals surface area contributed by atoms with Crippen LogP contribution >= 0.6 is 0 Å². The average Bonchev–Trinajstić information content (AvgIpc) is 2.89. The second-order valence-electron chi connectivity index (χ2n) is 9.18. The molecular weight excluding hydrogens is 422 g/mol. The van der Waals surface area contributed by atoms with Gasteiger partial charge in [-0.05, 0) is 78.5 Å². The van der Waals surface area contributed by atoms with Crippen LogP contribution in [-0.2, 0) is 0 Å². The number of carbonyl (C=O) groups is 1. The van der Waals surface area contributed by atoms with Crippen LogP contribution in [0.25, 0.3) is 11.1 Å². The van der Waals surface area contributed by atoms with Crippen molar-refractivity contribution in [1.82, 2.24) is 0 Å². The van der Waals surface area contributed by atoms with Gasteiger partial charge in [-0.3, -0.25) is 4.90 Å². The molecule has 5 nitrogen and oxygen atoms in total. The summed E-state index contributed by atoms with van der Waals surface area (Å²) in [6.07, 6.45) is 5.32. The summed E-state index contributed by atoms with van der Waals surface area (Å²) in [7, 11) is 0. The molecule has 1 aliphatic carbocycles. The Labute approximate surface area is 201 Å². The number of urea groups is 1. The zero-order valence-electron chi connectivity index (χ0n) is 19.2. The van der Waals surface area contributed by atoms with Gasteiger partial charge >= 0.3 is 6.03 Å². The number of hydrogen-bond acceptors (Lipinski definition) is 3. The summed E-state index contributed by atoms with van der Waals surface area (Å²) in [5.41, 5.74) is 5.16. The third-order valence-corrected chi connectivity index (χ3v) is 7.04. The lowest BCUT2D eigenvalue weighted by Gasteiger charge is -2.30. The Morgan fingerprint density at radius 3 is 2.44 bits per heavy atom. The predicted octanol–water partition coefficient (Wildman–Crippen LogP) is 6.97. The Bertz CT molecular complexity index is 1180. The Hall–Kier alpha value is -3.78. The zero-order valence-corrected chi connectivity index (χ0v) is 19.2. The van der Waals surface area contributed by atoms with Crippen LogP contribution in [0.15, 0.2) is 72.8 Å². The third kappa shape index (κ3) is 4.77. The van der Waals surface area contributed by atoms with Gasteiger partial charge in [-0.25, -0.2) is 4.79 Å². The number of para-hydroxylation sites is 1. The van der Waals surface area contributed by atoms with Gasteiger partial charge in [-0.15, -0.1) is 0 Å². The maximum atomic E-state index is 12.9. The Morgan fingerprint density at radius 1 is 0.971 bits per heavy atom. The summed E-state index contributed by atoms with van der Waals surface area (Å²) in [4.78, 5) is 14.6. The molecule has 1 aliphatic heterocycles. The lowest BCUT2D eigenvalue weighted by atomic mass is 9.77. The number of rotatable bonds is 4.